The summed E-state index contributed by atoms with van der Waals surface area (Å²) in [5.41, 5.74) is 0.833. The normalized spacial score (nSPS) is 15.9. The van der Waals surface area contributed by atoms with Gasteiger partial charge in [0.1, 0.15) is 23.8 Å². The van der Waals surface area contributed by atoms with Gasteiger partial charge in [0.25, 0.3) is 11.1 Å². The first-order valence-corrected chi connectivity index (χ1v) is 8.01. The number of carboxylic acid groups (broad SMARTS) is 1. The molecular weight excluding hydrogens is 346 g/mol. The molecule has 0 spiro atoms. The van der Waals surface area contributed by atoms with Crippen molar-refractivity contribution in [3.8, 4) is 17.1 Å². The second kappa shape index (κ2) is 6.86. The SMILES string of the molecule is COc1ccc(-c2ccc(/C=C3\SC(=O)N(CC(=O)O)C3=O)o2)cc1. The van der Waals surface area contributed by atoms with Crippen molar-refractivity contribution in [1.29, 1.82) is 0 Å². The molecule has 8 heteroatoms. The number of nitrogens with zero attached hydrogens (tertiary/aromatic N) is 1. The Kier molecular flexibility index (Phi) is 4.62. The molecule has 2 aromatic rings. The van der Waals surface area contributed by atoms with Crippen molar-refractivity contribution in [2.24, 2.45) is 0 Å². The Morgan fingerprint density at radius 2 is 1.96 bits per heavy atom. The molecule has 25 heavy (non-hydrogen) atoms. The Balaban J connectivity index is 1.80. The van der Waals surface area contributed by atoms with Gasteiger partial charge in [-0.15, -0.1) is 0 Å². The molecule has 1 aromatic heterocycles. The van der Waals surface area contributed by atoms with Gasteiger partial charge in [0, 0.05) is 11.6 Å². The highest BCUT2D eigenvalue weighted by Crippen LogP contribution is 2.33. The molecule has 1 fully saturated rings. The lowest BCUT2D eigenvalue weighted by atomic mass is 10.2. The van der Waals surface area contributed by atoms with Crippen molar-refractivity contribution < 1.29 is 28.6 Å². The second-order valence-electron chi connectivity index (χ2n) is 5.09. The zero-order valence-electron chi connectivity index (χ0n) is 13.1. The number of amides is 2. The van der Waals surface area contributed by atoms with Crippen LogP contribution in [-0.2, 0) is 9.59 Å². The fourth-order valence-electron chi connectivity index (χ4n) is 2.24. The molecule has 0 aliphatic carbocycles. The van der Waals surface area contributed by atoms with Crippen LogP contribution >= 0.6 is 11.8 Å². The quantitative estimate of drug-likeness (QED) is 0.819. The van der Waals surface area contributed by atoms with Gasteiger partial charge in [-0.2, -0.15) is 0 Å². The van der Waals surface area contributed by atoms with Gasteiger partial charge in [0.2, 0.25) is 0 Å². The summed E-state index contributed by atoms with van der Waals surface area (Å²) in [5.74, 6) is -0.170. The Bertz CT molecular complexity index is 868. The average molecular weight is 359 g/mol. The van der Waals surface area contributed by atoms with E-state index in [9.17, 15) is 14.4 Å². The van der Waals surface area contributed by atoms with Crippen LogP contribution in [0.5, 0.6) is 5.75 Å². The summed E-state index contributed by atoms with van der Waals surface area (Å²) in [5, 5.41) is 8.14. The molecule has 2 amide bonds. The van der Waals surface area contributed by atoms with E-state index in [0.717, 1.165) is 11.3 Å². The summed E-state index contributed by atoms with van der Waals surface area (Å²) >= 11 is 0.687. The van der Waals surface area contributed by atoms with Crippen LogP contribution in [0.3, 0.4) is 0 Å². The minimum atomic E-state index is -1.25. The van der Waals surface area contributed by atoms with E-state index in [1.54, 1.807) is 31.4 Å². The molecule has 0 radical (unpaired) electrons. The lowest BCUT2D eigenvalue weighted by Gasteiger charge is -2.07. The van der Waals surface area contributed by atoms with E-state index in [1.165, 1.54) is 6.08 Å². The fraction of sp³-hybridized carbons (Fsp3) is 0.118. The number of imide groups is 1. The maximum Gasteiger partial charge on any atom is 0.323 e. The highest BCUT2D eigenvalue weighted by atomic mass is 32.2. The molecule has 0 bridgehead atoms. The monoisotopic (exact) mass is 359 g/mol. The number of carboxylic acids is 1. The number of rotatable bonds is 5. The minimum absolute atomic E-state index is 0.127. The first-order chi connectivity index (χ1) is 12.0. The second-order valence-corrected chi connectivity index (χ2v) is 6.09. The molecule has 128 valence electrons. The number of benzene rings is 1. The number of hydrogen-bond donors (Lipinski definition) is 1. The predicted octanol–water partition coefficient (Wildman–Crippen LogP) is 3.08. The Morgan fingerprint density at radius 3 is 2.60 bits per heavy atom. The number of thioether (sulfide) groups is 1. The van der Waals surface area contributed by atoms with Crippen LogP contribution in [0.25, 0.3) is 17.4 Å². The van der Waals surface area contributed by atoms with Crippen LogP contribution in [-0.4, -0.2) is 40.8 Å². The third-order valence-corrected chi connectivity index (χ3v) is 4.35. The lowest BCUT2D eigenvalue weighted by molar-refractivity contribution is -0.140. The van der Waals surface area contributed by atoms with Gasteiger partial charge in [-0.05, 0) is 48.2 Å². The first-order valence-electron chi connectivity index (χ1n) is 7.19. The van der Waals surface area contributed by atoms with Gasteiger partial charge in [-0.1, -0.05) is 0 Å². The van der Waals surface area contributed by atoms with E-state index in [4.69, 9.17) is 14.3 Å². The van der Waals surface area contributed by atoms with Gasteiger partial charge in [0.15, 0.2) is 0 Å². The van der Waals surface area contributed by atoms with Gasteiger partial charge in [0.05, 0.1) is 12.0 Å². The molecule has 1 aliphatic heterocycles. The van der Waals surface area contributed by atoms with Gasteiger partial charge >= 0.3 is 5.97 Å². The zero-order valence-corrected chi connectivity index (χ0v) is 13.9. The van der Waals surface area contributed by atoms with Crippen LogP contribution in [0.15, 0.2) is 45.7 Å². The van der Waals surface area contributed by atoms with E-state index in [2.05, 4.69) is 0 Å². The van der Waals surface area contributed by atoms with Crippen LogP contribution < -0.4 is 4.74 Å². The summed E-state index contributed by atoms with van der Waals surface area (Å²) in [7, 11) is 1.58. The van der Waals surface area contributed by atoms with E-state index in [0.29, 0.717) is 28.2 Å². The van der Waals surface area contributed by atoms with Crippen molar-refractivity contribution in [3.63, 3.8) is 0 Å². The smallest absolute Gasteiger partial charge is 0.323 e. The van der Waals surface area contributed by atoms with Crippen molar-refractivity contribution >= 4 is 35.0 Å². The molecule has 0 atom stereocenters. The molecule has 0 unspecified atom stereocenters. The summed E-state index contributed by atoms with van der Waals surface area (Å²) < 4.78 is 10.8. The third-order valence-electron chi connectivity index (χ3n) is 3.44. The Hall–Kier alpha value is -3.00. The first kappa shape index (κ1) is 16.8. The molecule has 3 rings (SSSR count). The van der Waals surface area contributed by atoms with Gasteiger partial charge in [-0.3, -0.25) is 19.3 Å². The van der Waals surface area contributed by atoms with E-state index >= 15 is 0 Å². The number of furan rings is 1. The van der Waals surface area contributed by atoms with Crippen molar-refractivity contribution in [3.05, 3.63) is 47.1 Å². The molecule has 2 heterocycles. The van der Waals surface area contributed by atoms with Crippen LogP contribution in [0.4, 0.5) is 4.79 Å². The maximum atomic E-state index is 12.1. The average Bonchev–Trinajstić information content (AvgIpc) is 3.15. The standard InChI is InChI=1S/C17H13NO6S/c1-23-11-4-2-10(3-5-11)13-7-6-12(24-13)8-14-16(21)18(9-15(19)20)17(22)25-14/h2-8H,9H2,1H3,(H,19,20)/b14-8-. The van der Waals surface area contributed by atoms with E-state index in [1.807, 2.05) is 12.1 Å². The number of ether oxygens (including phenoxy) is 1. The van der Waals surface area contributed by atoms with Crippen LogP contribution in [0.2, 0.25) is 0 Å². The molecule has 7 nitrogen and oxygen atoms in total. The number of methoxy groups -OCH3 is 1. The molecule has 0 saturated carbocycles. The van der Waals surface area contributed by atoms with Crippen LogP contribution in [0, 0.1) is 0 Å². The van der Waals surface area contributed by atoms with Crippen molar-refractivity contribution in [2.75, 3.05) is 13.7 Å². The number of hydrogen-bond acceptors (Lipinski definition) is 6. The summed E-state index contributed by atoms with van der Waals surface area (Å²) in [6.07, 6.45) is 1.43. The summed E-state index contributed by atoms with van der Waals surface area (Å²) in [6, 6.07) is 10.7. The molecular formula is C17H13NO6S. The molecule has 1 saturated heterocycles. The van der Waals surface area contributed by atoms with E-state index in [-0.39, 0.29) is 4.91 Å². The summed E-state index contributed by atoms with van der Waals surface area (Å²) in [6.45, 7) is -0.655. The maximum absolute atomic E-state index is 12.1. The highest BCUT2D eigenvalue weighted by Gasteiger charge is 2.36. The largest absolute Gasteiger partial charge is 0.497 e. The highest BCUT2D eigenvalue weighted by molar-refractivity contribution is 8.18. The topological polar surface area (TPSA) is 97.0 Å². The zero-order chi connectivity index (χ0) is 18.0. The fourth-order valence-corrected chi connectivity index (χ4v) is 3.06. The molecule has 1 aliphatic rings. The molecule has 1 aromatic carbocycles. The van der Waals surface area contributed by atoms with Gasteiger partial charge < -0.3 is 14.3 Å². The van der Waals surface area contributed by atoms with Crippen molar-refractivity contribution in [2.45, 2.75) is 0 Å². The minimum Gasteiger partial charge on any atom is -0.497 e. The molecule has 1 N–H and O–H groups in total. The summed E-state index contributed by atoms with van der Waals surface area (Å²) in [4.78, 5) is 35.4. The van der Waals surface area contributed by atoms with Gasteiger partial charge in [-0.25, -0.2) is 0 Å². The van der Waals surface area contributed by atoms with Crippen molar-refractivity contribution in [1.82, 2.24) is 4.90 Å². The van der Waals surface area contributed by atoms with E-state index < -0.39 is 23.7 Å². The number of carbonyl (C=O) groups is 3. The number of aliphatic carboxylic acids is 1. The number of carbonyl (C=O) groups excluding carboxylic acids is 2. The lowest BCUT2D eigenvalue weighted by Crippen LogP contribution is -2.33. The predicted molar refractivity (Wildman–Crippen MR) is 91.0 cm³/mol. The Morgan fingerprint density at radius 1 is 1.24 bits per heavy atom. The Labute approximate surface area is 146 Å². The third kappa shape index (κ3) is 3.58. The van der Waals surface area contributed by atoms with Crippen LogP contribution in [0.1, 0.15) is 5.76 Å².